The Labute approximate surface area is 206 Å². The fraction of sp³-hybridized carbons (Fsp3) is 0.556. The molecule has 0 unspecified atom stereocenters. The first kappa shape index (κ1) is 25.1. The zero-order chi connectivity index (χ0) is 25.3. The molecule has 2 heterocycles. The highest BCUT2D eigenvalue weighted by molar-refractivity contribution is 6.04. The van der Waals surface area contributed by atoms with Gasteiger partial charge in [0.1, 0.15) is 6.61 Å². The van der Waals surface area contributed by atoms with Gasteiger partial charge in [-0.3, -0.25) is 4.79 Å². The number of rotatable bonds is 7. The van der Waals surface area contributed by atoms with Crippen molar-refractivity contribution >= 4 is 11.8 Å². The molecule has 1 N–H and O–H groups in total. The third-order valence-corrected chi connectivity index (χ3v) is 6.93. The second-order valence-electron chi connectivity index (χ2n) is 10.1. The van der Waals surface area contributed by atoms with Gasteiger partial charge in [0.25, 0.3) is 0 Å². The molecule has 2 atom stereocenters. The van der Waals surface area contributed by atoms with Crippen LogP contribution >= 0.6 is 0 Å². The molecule has 4 rings (SSSR count). The smallest absolute Gasteiger partial charge is 0.336 e. The van der Waals surface area contributed by atoms with Crippen LogP contribution in [0, 0.1) is 5.41 Å². The van der Waals surface area contributed by atoms with E-state index in [-0.39, 0.29) is 23.9 Å². The average molecular weight is 486 g/mol. The maximum absolute atomic E-state index is 13.6. The van der Waals surface area contributed by atoms with Crippen LogP contribution in [-0.4, -0.2) is 52.4 Å². The molecule has 1 aromatic rings. The molecule has 1 aromatic carbocycles. The monoisotopic (exact) mass is 485 g/mol. The van der Waals surface area contributed by atoms with Gasteiger partial charge in [0.15, 0.2) is 17.3 Å². The molecule has 0 amide bonds. The molecule has 0 radical (unpaired) electrons. The highest BCUT2D eigenvalue weighted by atomic mass is 16.6. The van der Waals surface area contributed by atoms with E-state index in [1.807, 2.05) is 13.0 Å². The summed E-state index contributed by atoms with van der Waals surface area (Å²) in [4.78, 5) is 27.1. The molecule has 0 aromatic heterocycles. The molecule has 1 aliphatic carbocycles. The van der Waals surface area contributed by atoms with E-state index in [4.69, 9.17) is 23.7 Å². The summed E-state index contributed by atoms with van der Waals surface area (Å²) in [6, 6.07) is 3.59. The molecule has 8 nitrogen and oxygen atoms in total. The van der Waals surface area contributed by atoms with Crippen molar-refractivity contribution in [2.45, 2.75) is 58.5 Å². The number of Topliss-reactive ketones (excluding diaryl/α,β-unsaturated/α-hetero) is 1. The van der Waals surface area contributed by atoms with E-state index in [2.05, 4.69) is 19.2 Å². The Hall–Kier alpha value is -3.00. The number of hydrogen-bond donors (Lipinski definition) is 1. The van der Waals surface area contributed by atoms with Crippen LogP contribution in [0.15, 0.2) is 34.7 Å². The summed E-state index contributed by atoms with van der Waals surface area (Å²) in [5.41, 5.74) is 2.92. The van der Waals surface area contributed by atoms with Gasteiger partial charge in [0.2, 0.25) is 5.75 Å². The third kappa shape index (κ3) is 4.76. The normalized spacial score (nSPS) is 23.5. The molecule has 2 aliphatic heterocycles. The van der Waals surface area contributed by atoms with E-state index in [0.29, 0.717) is 59.1 Å². The van der Waals surface area contributed by atoms with Gasteiger partial charge in [-0.25, -0.2) is 4.79 Å². The molecule has 1 fully saturated rings. The minimum atomic E-state index is -0.665. The molecular formula is C27H35NO7. The van der Waals surface area contributed by atoms with Crippen LogP contribution in [0.2, 0.25) is 0 Å². The standard InChI is InChI=1S/C27H35NO7/c1-15-21(26(30)35-14-16-8-7-11-34-16)22(23-18(28-15)12-27(2,3)13-19(23)29)17-9-10-20(31-4)25(33-6)24(17)32-5/h9-10,16,22,28H,7-8,11-14H2,1-6H3/t16-,22-/m0/s1. The first-order valence-corrected chi connectivity index (χ1v) is 12.0. The van der Waals surface area contributed by atoms with Gasteiger partial charge in [-0.15, -0.1) is 0 Å². The number of benzene rings is 1. The molecule has 190 valence electrons. The lowest BCUT2D eigenvalue weighted by atomic mass is 9.68. The minimum Gasteiger partial charge on any atom is -0.493 e. The number of ketones is 1. The SMILES string of the molecule is COc1ccc([C@H]2C(C(=O)OC[C@@H]3CCCO3)=C(C)NC3=C2C(=O)CC(C)(C)C3)c(OC)c1OC. The average Bonchev–Trinajstić information content (AvgIpc) is 3.33. The van der Waals surface area contributed by atoms with Gasteiger partial charge in [-0.1, -0.05) is 19.9 Å². The summed E-state index contributed by atoms with van der Waals surface area (Å²) in [5.74, 6) is 0.179. The van der Waals surface area contributed by atoms with Crippen LogP contribution in [0.25, 0.3) is 0 Å². The highest BCUT2D eigenvalue weighted by Gasteiger charge is 2.44. The van der Waals surface area contributed by atoms with Gasteiger partial charge >= 0.3 is 5.97 Å². The maximum atomic E-state index is 13.6. The fourth-order valence-electron chi connectivity index (χ4n) is 5.39. The molecular weight excluding hydrogens is 450 g/mol. The van der Waals surface area contributed by atoms with E-state index in [1.54, 1.807) is 13.2 Å². The molecule has 0 saturated carbocycles. The lowest BCUT2D eigenvalue weighted by Gasteiger charge is -2.39. The number of hydrogen-bond acceptors (Lipinski definition) is 8. The predicted molar refractivity (Wildman–Crippen MR) is 130 cm³/mol. The van der Waals surface area contributed by atoms with Crippen LogP contribution < -0.4 is 19.5 Å². The van der Waals surface area contributed by atoms with Crippen molar-refractivity contribution < 1.29 is 33.3 Å². The van der Waals surface area contributed by atoms with Gasteiger partial charge < -0.3 is 29.0 Å². The number of nitrogens with one attached hydrogen (secondary N) is 1. The Kier molecular flexibility index (Phi) is 7.12. The molecule has 0 spiro atoms. The zero-order valence-electron chi connectivity index (χ0n) is 21.4. The number of allylic oxidation sites excluding steroid dienone is 3. The van der Waals surface area contributed by atoms with Crippen LogP contribution in [0.5, 0.6) is 17.2 Å². The van der Waals surface area contributed by atoms with Crippen molar-refractivity contribution in [3.8, 4) is 17.2 Å². The largest absolute Gasteiger partial charge is 0.493 e. The van der Waals surface area contributed by atoms with Crippen molar-refractivity contribution in [1.82, 2.24) is 5.32 Å². The Morgan fingerprint density at radius 2 is 1.86 bits per heavy atom. The number of carbonyl (C=O) groups is 2. The first-order chi connectivity index (χ1) is 16.7. The lowest BCUT2D eigenvalue weighted by Crippen LogP contribution is -2.39. The van der Waals surface area contributed by atoms with E-state index in [0.717, 1.165) is 18.5 Å². The fourth-order valence-corrected chi connectivity index (χ4v) is 5.39. The van der Waals surface area contributed by atoms with Gasteiger partial charge in [-0.2, -0.15) is 0 Å². The summed E-state index contributed by atoms with van der Waals surface area (Å²) >= 11 is 0. The van der Waals surface area contributed by atoms with Crippen LogP contribution in [0.3, 0.4) is 0 Å². The van der Waals surface area contributed by atoms with Crippen LogP contribution in [-0.2, 0) is 19.1 Å². The Balaban J connectivity index is 1.84. The van der Waals surface area contributed by atoms with Crippen LogP contribution in [0.4, 0.5) is 0 Å². The summed E-state index contributed by atoms with van der Waals surface area (Å²) in [6.07, 6.45) is 2.79. The second kappa shape index (κ2) is 9.93. The topological polar surface area (TPSA) is 92.3 Å². The Morgan fingerprint density at radius 1 is 1.11 bits per heavy atom. The summed E-state index contributed by atoms with van der Waals surface area (Å²) in [5, 5.41) is 3.36. The van der Waals surface area contributed by atoms with Crippen molar-refractivity contribution in [2.75, 3.05) is 34.5 Å². The summed E-state index contributed by atoms with van der Waals surface area (Å²) in [7, 11) is 4.62. The third-order valence-electron chi connectivity index (χ3n) is 6.93. The second-order valence-corrected chi connectivity index (χ2v) is 10.1. The summed E-state index contributed by atoms with van der Waals surface area (Å²) in [6.45, 7) is 6.86. The van der Waals surface area contributed by atoms with E-state index < -0.39 is 11.9 Å². The van der Waals surface area contributed by atoms with Gasteiger partial charge in [-0.05, 0) is 37.7 Å². The predicted octanol–water partition coefficient (Wildman–Crippen LogP) is 4.04. The molecule has 1 saturated heterocycles. The Bertz CT molecular complexity index is 1080. The van der Waals surface area contributed by atoms with Gasteiger partial charge in [0.05, 0.1) is 38.9 Å². The molecule has 35 heavy (non-hydrogen) atoms. The molecule has 3 aliphatic rings. The Morgan fingerprint density at radius 3 is 2.49 bits per heavy atom. The number of ether oxygens (including phenoxy) is 5. The van der Waals surface area contributed by atoms with Crippen LogP contribution in [0.1, 0.15) is 57.9 Å². The highest BCUT2D eigenvalue weighted by Crippen LogP contribution is 2.51. The maximum Gasteiger partial charge on any atom is 0.336 e. The van der Waals surface area contributed by atoms with Crippen molar-refractivity contribution in [1.29, 1.82) is 0 Å². The van der Waals surface area contributed by atoms with E-state index >= 15 is 0 Å². The first-order valence-electron chi connectivity index (χ1n) is 12.0. The van der Waals surface area contributed by atoms with Crippen molar-refractivity contribution in [3.05, 3.63) is 40.2 Å². The van der Waals surface area contributed by atoms with Crippen molar-refractivity contribution in [3.63, 3.8) is 0 Å². The lowest BCUT2D eigenvalue weighted by molar-refractivity contribution is -0.142. The van der Waals surface area contributed by atoms with E-state index in [9.17, 15) is 9.59 Å². The quantitative estimate of drug-likeness (QED) is 0.579. The number of methoxy groups -OCH3 is 3. The minimum absolute atomic E-state index is 0.00233. The van der Waals surface area contributed by atoms with Crippen molar-refractivity contribution in [2.24, 2.45) is 5.41 Å². The van der Waals surface area contributed by atoms with E-state index in [1.165, 1.54) is 14.2 Å². The molecule has 0 bridgehead atoms. The molecule has 8 heteroatoms. The summed E-state index contributed by atoms with van der Waals surface area (Å²) < 4.78 is 28.2. The number of carbonyl (C=O) groups excluding carboxylic acids is 2. The number of esters is 1. The zero-order valence-corrected chi connectivity index (χ0v) is 21.4. The van der Waals surface area contributed by atoms with Gasteiger partial charge in [0, 0.05) is 35.6 Å². The number of dihydropyridines is 1.